The number of anilines is 1. The fraction of sp³-hybridized carbons (Fsp3) is 0.0500. The summed E-state index contributed by atoms with van der Waals surface area (Å²) in [6.07, 6.45) is 5.49. The largest absolute Gasteiger partial charge is 0.508 e. The summed E-state index contributed by atoms with van der Waals surface area (Å²) in [7, 11) is 0. The molecule has 0 fully saturated rings. The predicted octanol–water partition coefficient (Wildman–Crippen LogP) is 4.47. The summed E-state index contributed by atoms with van der Waals surface area (Å²) in [4.78, 5) is 7.37. The van der Waals surface area contributed by atoms with Crippen molar-refractivity contribution >= 4 is 16.6 Å². The third kappa shape index (κ3) is 2.58. The van der Waals surface area contributed by atoms with E-state index < -0.39 is 0 Å². The molecule has 24 heavy (non-hydrogen) atoms. The second kappa shape index (κ2) is 6.08. The van der Waals surface area contributed by atoms with Gasteiger partial charge in [-0.3, -0.25) is 4.98 Å². The van der Waals surface area contributed by atoms with Gasteiger partial charge in [-0.1, -0.05) is 36.4 Å². The summed E-state index contributed by atoms with van der Waals surface area (Å²) >= 11 is 0. The van der Waals surface area contributed by atoms with Crippen molar-refractivity contribution in [3.8, 4) is 5.75 Å². The van der Waals surface area contributed by atoms with Crippen molar-refractivity contribution in [3.05, 3.63) is 90.4 Å². The Labute approximate surface area is 139 Å². The number of benzene rings is 2. The number of para-hydroxylation sites is 2. The Morgan fingerprint density at radius 3 is 2.46 bits per heavy atom. The van der Waals surface area contributed by atoms with Gasteiger partial charge < -0.3 is 15.4 Å². The van der Waals surface area contributed by atoms with Crippen molar-refractivity contribution in [2.45, 2.75) is 6.04 Å². The van der Waals surface area contributed by atoms with Gasteiger partial charge in [0, 0.05) is 46.3 Å². The first-order valence-corrected chi connectivity index (χ1v) is 7.83. The van der Waals surface area contributed by atoms with Crippen LogP contribution in [-0.4, -0.2) is 15.1 Å². The molecule has 0 saturated heterocycles. The van der Waals surface area contributed by atoms with E-state index in [1.807, 2.05) is 54.7 Å². The van der Waals surface area contributed by atoms with E-state index >= 15 is 0 Å². The van der Waals surface area contributed by atoms with Crippen molar-refractivity contribution in [1.82, 2.24) is 9.97 Å². The van der Waals surface area contributed by atoms with Gasteiger partial charge >= 0.3 is 0 Å². The third-order valence-corrected chi connectivity index (χ3v) is 4.17. The molecule has 2 aromatic carbocycles. The Balaban J connectivity index is 1.86. The fourth-order valence-electron chi connectivity index (χ4n) is 3.00. The van der Waals surface area contributed by atoms with Gasteiger partial charge in [0.25, 0.3) is 0 Å². The zero-order valence-corrected chi connectivity index (χ0v) is 13.0. The van der Waals surface area contributed by atoms with Gasteiger partial charge in [0.1, 0.15) is 5.75 Å². The number of phenols is 1. The number of pyridine rings is 1. The van der Waals surface area contributed by atoms with Gasteiger partial charge in [0.2, 0.25) is 0 Å². The molecule has 0 aliphatic rings. The van der Waals surface area contributed by atoms with Gasteiger partial charge in [0.15, 0.2) is 0 Å². The Morgan fingerprint density at radius 1 is 0.875 bits per heavy atom. The molecule has 4 aromatic rings. The first-order valence-electron chi connectivity index (χ1n) is 7.83. The average Bonchev–Trinajstić information content (AvgIpc) is 3.05. The van der Waals surface area contributed by atoms with Crippen LogP contribution < -0.4 is 5.32 Å². The molecule has 118 valence electrons. The normalized spacial score (nSPS) is 12.2. The molecule has 4 nitrogen and oxygen atoms in total. The highest BCUT2D eigenvalue weighted by molar-refractivity contribution is 5.84. The van der Waals surface area contributed by atoms with Gasteiger partial charge in [-0.15, -0.1) is 0 Å². The summed E-state index contributed by atoms with van der Waals surface area (Å²) < 4.78 is 0. The average molecular weight is 315 g/mol. The second-order valence-corrected chi connectivity index (χ2v) is 5.66. The van der Waals surface area contributed by atoms with E-state index in [0.717, 1.165) is 27.7 Å². The van der Waals surface area contributed by atoms with Crippen LogP contribution in [0.2, 0.25) is 0 Å². The predicted molar refractivity (Wildman–Crippen MR) is 96.1 cm³/mol. The number of H-pyrrole nitrogens is 1. The maximum Gasteiger partial charge on any atom is 0.121 e. The van der Waals surface area contributed by atoms with Crippen molar-refractivity contribution in [1.29, 1.82) is 0 Å². The van der Waals surface area contributed by atoms with E-state index in [2.05, 4.69) is 21.4 Å². The Hall–Kier alpha value is -3.27. The molecule has 0 saturated carbocycles. The maximum absolute atomic E-state index is 10.4. The van der Waals surface area contributed by atoms with Crippen LogP contribution in [0, 0.1) is 0 Å². The quantitative estimate of drug-likeness (QED) is 0.521. The Kier molecular flexibility index (Phi) is 3.63. The smallest absolute Gasteiger partial charge is 0.121 e. The number of nitrogens with zero attached hydrogens (tertiary/aromatic N) is 1. The molecule has 0 amide bonds. The van der Waals surface area contributed by atoms with E-state index in [4.69, 9.17) is 0 Å². The molecule has 0 aliphatic heterocycles. The summed E-state index contributed by atoms with van der Waals surface area (Å²) in [5.74, 6) is 0.273. The highest BCUT2D eigenvalue weighted by Gasteiger charge is 2.20. The molecule has 3 N–H and O–H groups in total. The SMILES string of the molecule is Oc1ccccc1C(Nc1ccncc1)c1c[nH]c2ccccc12. The van der Waals surface area contributed by atoms with Crippen LogP contribution in [0.1, 0.15) is 17.2 Å². The highest BCUT2D eigenvalue weighted by Crippen LogP contribution is 2.35. The molecule has 4 rings (SSSR count). The molecular formula is C20H17N3O. The monoisotopic (exact) mass is 315 g/mol. The molecule has 0 radical (unpaired) electrons. The van der Waals surface area contributed by atoms with E-state index in [-0.39, 0.29) is 11.8 Å². The van der Waals surface area contributed by atoms with Gasteiger partial charge in [-0.2, -0.15) is 0 Å². The third-order valence-electron chi connectivity index (χ3n) is 4.17. The fourth-order valence-corrected chi connectivity index (χ4v) is 3.00. The second-order valence-electron chi connectivity index (χ2n) is 5.66. The maximum atomic E-state index is 10.4. The van der Waals surface area contributed by atoms with Gasteiger partial charge in [-0.05, 0) is 24.3 Å². The molecule has 0 aliphatic carbocycles. The lowest BCUT2D eigenvalue weighted by molar-refractivity contribution is 0.466. The molecule has 2 heterocycles. The molecule has 1 atom stereocenters. The number of hydrogen-bond donors (Lipinski definition) is 3. The number of aromatic hydroxyl groups is 1. The molecule has 4 heteroatoms. The first kappa shape index (κ1) is 14.3. The molecular weight excluding hydrogens is 298 g/mol. The minimum atomic E-state index is -0.176. The number of phenolic OH excluding ortho intramolecular Hbond substituents is 1. The van der Waals surface area contributed by atoms with Crippen molar-refractivity contribution in [2.75, 3.05) is 5.32 Å². The molecule has 2 aromatic heterocycles. The van der Waals surface area contributed by atoms with Crippen molar-refractivity contribution in [2.24, 2.45) is 0 Å². The minimum Gasteiger partial charge on any atom is -0.508 e. The summed E-state index contributed by atoms with van der Waals surface area (Å²) in [5, 5.41) is 15.0. The molecule has 0 spiro atoms. The summed E-state index contributed by atoms with van der Waals surface area (Å²) in [6, 6.07) is 19.2. The van der Waals surface area contributed by atoms with Crippen molar-refractivity contribution in [3.63, 3.8) is 0 Å². The summed E-state index contributed by atoms with van der Waals surface area (Å²) in [5.41, 5.74) is 3.94. The van der Waals surface area contributed by atoms with E-state index in [1.54, 1.807) is 18.5 Å². The number of rotatable bonds is 4. The summed E-state index contributed by atoms with van der Waals surface area (Å²) in [6.45, 7) is 0. The number of aromatic nitrogens is 2. The van der Waals surface area contributed by atoms with E-state index in [9.17, 15) is 5.11 Å². The van der Waals surface area contributed by atoms with Crippen LogP contribution in [0.25, 0.3) is 10.9 Å². The van der Waals surface area contributed by atoms with Crippen LogP contribution >= 0.6 is 0 Å². The standard InChI is InChI=1S/C20H17N3O/c24-19-8-4-2-6-16(19)20(23-14-9-11-21-12-10-14)17-13-22-18-7-3-1-5-15(17)18/h1-13,20,22,24H,(H,21,23). The van der Waals surface area contributed by atoms with Gasteiger partial charge in [0.05, 0.1) is 6.04 Å². The van der Waals surface area contributed by atoms with Crippen LogP contribution in [0.5, 0.6) is 5.75 Å². The number of fused-ring (bicyclic) bond motifs is 1. The van der Waals surface area contributed by atoms with Crippen LogP contribution in [0.3, 0.4) is 0 Å². The highest BCUT2D eigenvalue weighted by atomic mass is 16.3. The van der Waals surface area contributed by atoms with Crippen LogP contribution in [0.4, 0.5) is 5.69 Å². The lowest BCUT2D eigenvalue weighted by Gasteiger charge is -2.21. The lowest BCUT2D eigenvalue weighted by atomic mass is 9.97. The van der Waals surface area contributed by atoms with Crippen LogP contribution in [-0.2, 0) is 0 Å². The minimum absolute atomic E-state index is 0.176. The van der Waals surface area contributed by atoms with Crippen molar-refractivity contribution < 1.29 is 5.11 Å². The number of nitrogens with one attached hydrogen (secondary N) is 2. The number of hydrogen-bond acceptors (Lipinski definition) is 3. The first-order chi connectivity index (χ1) is 11.8. The zero-order chi connectivity index (χ0) is 16.4. The zero-order valence-electron chi connectivity index (χ0n) is 13.0. The Bertz CT molecular complexity index is 963. The molecule has 0 bridgehead atoms. The lowest BCUT2D eigenvalue weighted by Crippen LogP contribution is -2.12. The van der Waals surface area contributed by atoms with Gasteiger partial charge in [-0.25, -0.2) is 0 Å². The van der Waals surface area contributed by atoms with E-state index in [1.165, 1.54) is 0 Å². The van der Waals surface area contributed by atoms with E-state index in [0.29, 0.717) is 0 Å². The number of aromatic amines is 1. The van der Waals surface area contributed by atoms with Crippen LogP contribution in [0.15, 0.2) is 79.3 Å². The molecule has 1 unspecified atom stereocenters. The Morgan fingerprint density at radius 2 is 1.62 bits per heavy atom. The topological polar surface area (TPSA) is 60.9 Å².